The van der Waals surface area contributed by atoms with Gasteiger partial charge in [-0.15, -0.1) is 0 Å². The van der Waals surface area contributed by atoms with E-state index < -0.39 is 0 Å². The maximum Gasteiger partial charge on any atom is 0.131 e. The summed E-state index contributed by atoms with van der Waals surface area (Å²) in [7, 11) is 0. The largest absolute Gasteiger partial charge is 0.290 e. The number of allylic oxidation sites excluding steroid dienone is 2. The van der Waals surface area contributed by atoms with Crippen molar-refractivity contribution in [3.8, 4) is 6.07 Å². The fourth-order valence-corrected chi connectivity index (χ4v) is 0.326. The highest BCUT2D eigenvalue weighted by Crippen LogP contribution is 1.92. The molecule has 0 aromatic rings. The molecule has 0 aliphatic rings. The number of nitriles is 1. The van der Waals surface area contributed by atoms with E-state index in [1.807, 2.05) is 19.9 Å². The maximum absolute atomic E-state index is 8.12. The Morgan fingerprint density at radius 2 is 2.22 bits per heavy atom. The lowest BCUT2D eigenvalue weighted by atomic mass is 10.2. The van der Waals surface area contributed by atoms with Gasteiger partial charge in [0.15, 0.2) is 0 Å². The first kappa shape index (κ1) is 7.90. The molecule has 0 saturated heterocycles. The lowest BCUT2D eigenvalue weighted by Gasteiger charge is -1.89. The van der Waals surface area contributed by atoms with Crippen LogP contribution in [0.5, 0.6) is 0 Å². The molecule has 0 aliphatic heterocycles. The van der Waals surface area contributed by atoms with Gasteiger partial charge in [-0.3, -0.25) is 5.41 Å². The number of hydrogen-bond donors (Lipinski definition) is 1. The normalized spacial score (nSPS) is 10.0. The van der Waals surface area contributed by atoms with Crippen molar-refractivity contribution in [3.63, 3.8) is 0 Å². The van der Waals surface area contributed by atoms with Crippen molar-refractivity contribution in [3.05, 3.63) is 12.2 Å². The summed E-state index contributed by atoms with van der Waals surface area (Å²) in [4.78, 5) is 0. The summed E-state index contributed by atoms with van der Waals surface area (Å²) in [5.74, 6) is 0.415. The van der Waals surface area contributed by atoms with Crippen molar-refractivity contribution >= 4 is 5.71 Å². The van der Waals surface area contributed by atoms with E-state index in [-0.39, 0.29) is 5.71 Å². The second kappa shape index (κ2) is 3.85. The summed E-state index contributed by atoms with van der Waals surface area (Å²) in [6.07, 6.45) is 3.34. The molecule has 0 atom stereocenters. The molecule has 0 aliphatic carbocycles. The number of nitrogens with zero attached hydrogens (tertiary/aromatic N) is 1. The Bertz CT molecular complexity index is 160. The molecule has 2 heteroatoms. The lowest BCUT2D eigenvalue weighted by molar-refractivity contribution is 0.833. The highest BCUT2D eigenvalue weighted by Gasteiger charge is 1.85. The zero-order valence-corrected chi connectivity index (χ0v) is 5.68. The van der Waals surface area contributed by atoms with Crippen LogP contribution < -0.4 is 0 Å². The highest BCUT2D eigenvalue weighted by atomic mass is 14.4. The predicted molar refractivity (Wildman–Crippen MR) is 37.3 cm³/mol. The van der Waals surface area contributed by atoms with Gasteiger partial charge >= 0.3 is 0 Å². The van der Waals surface area contributed by atoms with Gasteiger partial charge in [0.2, 0.25) is 0 Å². The van der Waals surface area contributed by atoms with Gasteiger partial charge in [-0.2, -0.15) is 5.26 Å². The van der Waals surface area contributed by atoms with E-state index in [1.165, 1.54) is 6.08 Å². The van der Waals surface area contributed by atoms with Gasteiger partial charge in [0, 0.05) is 0 Å². The van der Waals surface area contributed by atoms with Crippen LogP contribution in [0.15, 0.2) is 12.2 Å². The van der Waals surface area contributed by atoms with Gasteiger partial charge < -0.3 is 0 Å². The molecule has 9 heavy (non-hydrogen) atoms. The average Bonchev–Trinajstić information content (AvgIpc) is 1.83. The number of hydrogen-bond acceptors (Lipinski definition) is 2. The number of rotatable bonds is 2. The monoisotopic (exact) mass is 122 g/mol. The fourth-order valence-electron chi connectivity index (χ4n) is 0.326. The predicted octanol–water partition coefficient (Wildman–Crippen LogP) is 1.74. The Morgan fingerprint density at radius 1 is 1.67 bits per heavy atom. The molecule has 0 spiro atoms. The molecule has 0 aromatic carbocycles. The van der Waals surface area contributed by atoms with Crippen LogP contribution in [0.2, 0.25) is 0 Å². The maximum atomic E-state index is 8.12. The fraction of sp³-hybridized carbons (Fsp3) is 0.429. The minimum Gasteiger partial charge on any atom is -0.290 e. The zero-order chi connectivity index (χ0) is 7.28. The van der Waals surface area contributed by atoms with E-state index in [4.69, 9.17) is 10.7 Å². The van der Waals surface area contributed by atoms with Crippen LogP contribution >= 0.6 is 0 Å². The molecule has 0 radical (unpaired) electrons. The van der Waals surface area contributed by atoms with Gasteiger partial charge in [0.25, 0.3) is 0 Å². The van der Waals surface area contributed by atoms with Crippen molar-refractivity contribution < 1.29 is 0 Å². The molecule has 0 heterocycles. The van der Waals surface area contributed by atoms with Crippen LogP contribution in [0.25, 0.3) is 0 Å². The van der Waals surface area contributed by atoms with Crippen LogP contribution in [0.1, 0.15) is 13.8 Å². The summed E-state index contributed by atoms with van der Waals surface area (Å²) in [5.41, 5.74) is 0.0173. The summed E-state index contributed by atoms with van der Waals surface area (Å²) >= 11 is 0. The topological polar surface area (TPSA) is 47.6 Å². The summed E-state index contributed by atoms with van der Waals surface area (Å²) in [6.45, 7) is 4.00. The Morgan fingerprint density at radius 3 is 2.56 bits per heavy atom. The summed E-state index contributed by atoms with van der Waals surface area (Å²) < 4.78 is 0. The van der Waals surface area contributed by atoms with Gasteiger partial charge in [-0.25, -0.2) is 0 Å². The minimum absolute atomic E-state index is 0.0173. The van der Waals surface area contributed by atoms with Crippen molar-refractivity contribution in [2.75, 3.05) is 0 Å². The molecule has 0 unspecified atom stereocenters. The highest BCUT2D eigenvalue weighted by molar-refractivity contribution is 6.04. The Balaban J connectivity index is 3.75. The smallest absolute Gasteiger partial charge is 0.131 e. The standard InChI is InChI=1S/C7H10N2/c1-6(2)3-4-7(9)5-8/h3-4,6,9H,1-2H3/b4-3-,9-7?. The van der Waals surface area contributed by atoms with Crippen molar-refractivity contribution in [2.24, 2.45) is 5.92 Å². The van der Waals surface area contributed by atoms with Crippen molar-refractivity contribution in [2.45, 2.75) is 13.8 Å². The molecule has 0 amide bonds. The molecule has 0 aromatic heterocycles. The molecule has 0 saturated carbocycles. The van der Waals surface area contributed by atoms with E-state index in [9.17, 15) is 0 Å². The van der Waals surface area contributed by atoms with Crippen LogP contribution in [0, 0.1) is 22.7 Å². The molecule has 0 rings (SSSR count). The Labute approximate surface area is 55.3 Å². The molecule has 0 bridgehead atoms. The third-order valence-electron chi connectivity index (χ3n) is 0.768. The van der Waals surface area contributed by atoms with Crippen LogP contribution in [-0.2, 0) is 0 Å². The van der Waals surface area contributed by atoms with Crippen LogP contribution in [0.3, 0.4) is 0 Å². The first-order valence-electron chi connectivity index (χ1n) is 2.83. The summed E-state index contributed by atoms with van der Waals surface area (Å²) in [6, 6.07) is 1.72. The SMILES string of the molecule is CC(C)/C=C\C(=N)C#N. The van der Waals surface area contributed by atoms with Gasteiger partial charge in [-0.05, 0) is 12.0 Å². The van der Waals surface area contributed by atoms with Gasteiger partial charge in [-0.1, -0.05) is 19.9 Å². The van der Waals surface area contributed by atoms with Crippen molar-refractivity contribution in [1.29, 1.82) is 10.7 Å². The molecule has 2 nitrogen and oxygen atoms in total. The molecule has 1 N–H and O–H groups in total. The first-order valence-corrected chi connectivity index (χ1v) is 2.83. The third kappa shape index (κ3) is 4.76. The Kier molecular flexibility index (Phi) is 3.38. The van der Waals surface area contributed by atoms with E-state index in [2.05, 4.69) is 0 Å². The lowest BCUT2D eigenvalue weighted by Crippen LogP contribution is -1.85. The average molecular weight is 122 g/mol. The first-order chi connectivity index (χ1) is 4.16. The van der Waals surface area contributed by atoms with Crippen LogP contribution in [-0.4, -0.2) is 5.71 Å². The van der Waals surface area contributed by atoms with Crippen molar-refractivity contribution in [1.82, 2.24) is 0 Å². The second-order valence-corrected chi connectivity index (χ2v) is 2.13. The number of nitrogens with one attached hydrogen (secondary N) is 1. The van der Waals surface area contributed by atoms with Crippen LogP contribution in [0.4, 0.5) is 0 Å². The molecule has 48 valence electrons. The minimum atomic E-state index is 0.0173. The zero-order valence-electron chi connectivity index (χ0n) is 5.68. The molecular formula is C7H10N2. The second-order valence-electron chi connectivity index (χ2n) is 2.13. The third-order valence-corrected chi connectivity index (χ3v) is 0.768. The van der Waals surface area contributed by atoms with Gasteiger partial charge in [0.1, 0.15) is 11.8 Å². The summed E-state index contributed by atoms with van der Waals surface area (Å²) in [5, 5.41) is 15.0. The van der Waals surface area contributed by atoms with E-state index in [0.717, 1.165) is 0 Å². The van der Waals surface area contributed by atoms with E-state index in [1.54, 1.807) is 6.07 Å². The molecule has 0 fully saturated rings. The quantitative estimate of drug-likeness (QED) is 0.557. The molecular weight excluding hydrogens is 112 g/mol. The van der Waals surface area contributed by atoms with E-state index >= 15 is 0 Å². The Hall–Kier alpha value is -1.10. The van der Waals surface area contributed by atoms with Gasteiger partial charge in [0.05, 0.1) is 0 Å². The van der Waals surface area contributed by atoms with E-state index in [0.29, 0.717) is 5.92 Å².